The molecule has 0 unspecified atom stereocenters. The largest absolute Gasteiger partial charge is 0.496 e. The van der Waals surface area contributed by atoms with Crippen LogP contribution in [0.2, 0.25) is 0 Å². The van der Waals surface area contributed by atoms with Gasteiger partial charge in [-0.1, -0.05) is 25.1 Å². The van der Waals surface area contributed by atoms with Gasteiger partial charge in [0, 0.05) is 30.3 Å². The molecular formula is C16H21N3O. The van der Waals surface area contributed by atoms with Crippen LogP contribution in [0.3, 0.4) is 0 Å². The maximum absolute atomic E-state index is 5.38. The predicted molar refractivity (Wildman–Crippen MR) is 81.5 cm³/mol. The van der Waals surface area contributed by atoms with Gasteiger partial charge in [-0.25, -0.2) is 9.97 Å². The molecular weight excluding hydrogens is 250 g/mol. The lowest BCUT2D eigenvalue weighted by Gasteiger charge is -2.12. The normalized spacial score (nSPS) is 10.4. The van der Waals surface area contributed by atoms with E-state index in [-0.39, 0.29) is 0 Å². The van der Waals surface area contributed by atoms with Crippen molar-refractivity contribution in [3.63, 3.8) is 0 Å². The average molecular weight is 271 g/mol. The number of hydrogen-bond acceptors (Lipinski definition) is 4. The number of aryl methyl sites for hydroxylation is 1. The van der Waals surface area contributed by atoms with Gasteiger partial charge in [0.25, 0.3) is 0 Å². The molecule has 0 aliphatic rings. The molecule has 4 heteroatoms. The van der Waals surface area contributed by atoms with Crippen LogP contribution in [-0.4, -0.2) is 24.1 Å². The minimum absolute atomic E-state index is 0.670. The van der Waals surface area contributed by atoms with E-state index in [1.54, 1.807) is 7.11 Å². The van der Waals surface area contributed by atoms with Gasteiger partial charge in [-0.2, -0.15) is 0 Å². The molecule has 0 aliphatic heterocycles. The first kappa shape index (κ1) is 14.3. The van der Waals surface area contributed by atoms with Crippen molar-refractivity contribution in [3.8, 4) is 5.75 Å². The van der Waals surface area contributed by atoms with E-state index in [4.69, 9.17) is 4.74 Å². The monoisotopic (exact) mass is 271 g/mol. The number of anilines is 1. The highest BCUT2D eigenvalue weighted by Crippen LogP contribution is 2.22. The van der Waals surface area contributed by atoms with Crippen molar-refractivity contribution < 1.29 is 4.74 Å². The second kappa shape index (κ2) is 6.37. The summed E-state index contributed by atoms with van der Waals surface area (Å²) in [6.07, 6.45) is 1.60. The molecule has 0 aliphatic carbocycles. The number of rotatable bonds is 5. The molecule has 1 aromatic carbocycles. The summed E-state index contributed by atoms with van der Waals surface area (Å²) >= 11 is 0. The van der Waals surface area contributed by atoms with Crippen molar-refractivity contribution in [2.75, 3.05) is 19.5 Å². The highest BCUT2D eigenvalue weighted by Gasteiger charge is 2.11. The van der Waals surface area contributed by atoms with Crippen LogP contribution in [-0.2, 0) is 12.8 Å². The first-order chi connectivity index (χ1) is 9.69. The van der Waals surface area contributed by atoms with Crippen LogP contribution in [0.5, 0.6) is 5.75 Å². The third-order valence-corrected chi connectivity index (χ3v) is 3.39. The Hall–Kier alpha value is -2.10. The number of hydrogen-bond donors (Lipinski definition) is 1. The van der Waals surface area contributed by atoms with Crippen LogP contribution in [0, 0.1) is 6.92 Å². The van der Waals surface area contributed by atoms with Gasteiger partial charge in [-0.05, 0) is 19.4 Å². The highest BCUT2D eigenvalue weighted by molar-refractivity contribution is 5.46. The SMILES string of the molecule is CCc1c(C)nc(Cc2ccccc2OC)nc1NC. The summed E-state index contributed by atoms with van der Waals surface area (Å²) in [5.41, 5.74) is 3.31. The third kappa shape index (κ3) is 2.90. The fraction of sp³-hybridized carbons (Fsp3) is 0.375. The summed E-state index contributed by atoms with van der Waals surface area (Å²) in [7, 11) is 3.58. The topological polar surface area (TPSA) is 47.0 Å². The number of benzene rings is 1. The van der Waals surface area contributed by atoms with Crippen LogP contribution < -0.4 is 10.1 Å². The van der Waals surface area contributed by atoms with Gasteiger partial charge in [-0.15, -0.1) is 0 Å². The molecule has 0 amide bonds. The van der Waals surface area contributed by atoms with E-state index >= 15 is 0 Å². The fourth-order valence-corrected chi connectivity index (χ4v) is 2.38. The summed E-state index contributed by atoms with van der Waals surface area (Å²) in [5, 5.41) is 3.16. The Kier molecular flexibility index (Phi) is 4.56. The zero-order chi connectivity index (χ0) is 14.5. The number of aromatic nitrogens is 2. The fourth-order valence-electron chi connectivity index (χ4n) is 2.38. The summed E-state index contributed by atoms with van der Waals surface area (Å²) in [5.74, 6) is 2.61. The summed E-state index contributed by atoms with van der Waals surface area (Å²) < 4.78 is 5.38. The molecule has 0 saturated carbocycles. The van der Waals surface area contributed by atoms with Gasteiger partial charge in [0.2, 0.25) is 0 Å². The van der Waals surface area contributed by atoms with E-state index in [9.17, 15) is 0 Å². The minimum Gasteiger partial charge on any atom is -0.496 e. The molecule has 0 fully saturated rings. The van der Waals surface area contributed by atoms with Gasteiger partial charge in [0.1, 0.15) is 17.4 Å². The van der Waals surface area contributed by atoms with E-state index in [0.717, 1.165) is 35.1 Å². The van der Waals surface area contributed by atoms with E-state index in [1.807, 2.05) is 38.2 Å². The average Bonchev–Trinajstić information content (AvgIpc) is 2.47. The molecule has 0 saturated heterocycles. The molecule has 2 rings (SSSR count). The van der Waals surface area contributed by atoms with Gasteiger partial charge in [-0.3, -0.25) is 0 Å². The first-order valence-corrected chi connectivity index (χ1v) is 6.85. The van der Waals surface area contributed by atoms with Crippen molar-refractivity contribution in [3.05, 3.63) is 46.9 Å². The van der Waals surface area contributed by atoms with Crippen molar-refractivity contribution >= 4 is 5.82 Å². The van der Waals surface area contributed by atoms with Crippen molar-refractivity contribution in [2.45, 2.75) is 26.7 Å². The molecule has 0 bridgehead atoms. The maximum Gasteiger partial charge on any atom is 0.135 e. The number of nitrogens with one attached hydrogen (secondary N) is 1. The molecule has 1 aromatic heterocycles. The molecule has 0 radical (unpaired) electrons. The Labute approximate surface area is 120 Å². The zero-order valence-electron chi connectivity index (χ0n) is 12.5. The van der Waals surface area contributed by atoms with Crippen molar-refractivity contribution in [1.82, 2.24) is 9.97 Å². The minimum atomic E-state index is 0.670. The maximum atomic E-state index is 5.38. The lowest BCUT2D eigenvalue weighted by molar-refractivity contribution is 0.410. The molecule has 0 atom stereocenters. The summed E-state index contributed by atoms with van der Waals surface area (Å²) in [6.45, 7) is 4.15. The molecule has 0 spiro atoms. The van der Waals surface area contributed by atoms with Gasteiger partial charge < -0.3 is 10.1 Å². The summed E-state index contributed by atoms with van der Waals surface area (Å²) in [4.78, 5) is 9.23. The lowest BCUT2D eigenvalue weighted by atomic mass is 10.1. The first-order valence-electron chi connectivity index (χ1n) is 6.85. The molecule has 1 N–H and O–H groups in total. The zero-order valence-corrected chi connectivity index (χ0v) is 12.5. The van der Waals surface area contributed by atoms with Crippen LogP contribution in [0.4, 0.5) is 5.82 Å². The smallest absolute Gasteiger partial charge is 0.135 e. The van der Waals surface area contributed by atoms with Crippen LogP contribution in [0.25, 0.3) is 0 Å². The second-order valence-electron chi connectivity index (χ2n) is 4.64. The highest BCUT2D eigenvalue weighted by atomic mass is 16.5. The molecule has 4 nitrogen and oxygen atoms in total. The standard InChI is InChI=1S/C16H21N3O/c1-5-13-11(2)18-15(19-16(13)17-3)10-12-8-6-7-9-14(12)20-4/h6-9H,5,10H2,1-4H3,(H,17,18,19). The Morgan fingerprint density at radius 2 is 1.95 bits per heavy atom. The molecule has 1 heterocycles. The van der Waals surface area contributed by atoms with E-state index in [0.29, 0.717) is 6.42 Å². The number of para-hydroxylation sites is 1. The lowest BCUT2D eigenvalue weighted by Crippen LogP contribution is -2.08. The predicted octanol–water partition coefficient (Wildman–Crippen LogP) is 2.99. The molecule has 2 aromatic rings. The van der Waals surface area contributed by atoms with E-state index in [2.05, 4.69) is 22.2 Å². The van der Waals surface area contributed by atoms with Crippen LogP contribution in [0.15, 0.2) is 24.3 Å². The Morgan fingerprint density at radius 3 is 2.60 bits per heavy atom. The number of ether oxygens (including phenoxy) is 1. The Morgan fingerprint density at radius 1 is 1.20 bits per heavy atom. The van der Waals surface area contributed by atoms with Crippen LogP contribution in [0.1, 0.15) is 29.6 Å². The summed E-state index contributed by atoms with van der Waals surface area (Å²) in [6, 6.07) is 7.98. The Bertz CT molecular complexity index is 596. The molecule has 20 heavy (non-hydrogen) atoms. The molecule has 106 valence electrons. The van der Waals surface area contributed by atoms with Crippen LogP contribution >= 0.6 is 0 Å². The van der Waals surface area contributed by atoms with E-state index in [1.165, 1.54) is 5.56 Å². The van der Waals surface area contributed by atoms with Gasteiger partial charge in [0.05, 0.1) is 7.11 Å². The quantitative estimate of drug-likeness (QED) is 0.908. The van der Waals surface area contributed by atoms with Crippen molar-refractivity contribution in [2.24, 2.45) is 0 Å². The van der Waals surface area contributed by atoms with Gasteiger partial charge >= 0.3 is 0 Å². The second-order valence-corrected chi connectivity index (χ2v) is 4.64. The van der Waals surface area contributed by atoms with Crippen molar-refractivity contribution in [1.29, 1.82) is 0 Å². The Balaban J connectivity index is 2.37. The van der Waals surface area contributed by atoms with E-state index < -0.39 is 0 Å². The number of methoxy groups -OCH3 is 1. The number of nitrogens with zero attached hydrogens (tertiary/aromatic N) is 2. The van der Waals surface area contributed by atoms with Gasteiger partial charge in [0.15, 0.2) is 0 Å². The third-order valence-electron chi connectivity index (χ3n) is 3.39.